The molecule has 1 aromatic heterocycles. The van der Waals surface area contributed by atoms with Crippen molar-refractivity contribution in [2.24, 2.45) is 0 Å². The van der Waals surface area contributed by atoms with Gasteiger partial charge < -0.3 is 5.32 Å². The Kier molecular flexibility index (Phi) is 10.9. The Labute approximate surface area is 245 Å². The van der Waals surface area contributed by atoms with Crippen molar-refractivity contribution in [3.63, 3.8) is 0 Å². The van der Waals surface area contributed by atoms with Crippen molar-refractivity contribution in [1.29, 1.82) is 0 Å². The molecule has 0 unspecified atom stereocenters. The SMILES string of the molecule is CCC=C(NCC/C(C)=C\CC)c1ccc(C(C)(C)CCc2cc(C)c(-c3ccc(C(C)(F)F)cc3)c(C)c2)s1. The highest BCUT2D eigenvalue weighted by Crippen LogP contribution is 2.37. The minimum atomic E-state index is -2.82. The van der Waals surface area contributed by atoms with Crippen LogP contribution in [-0.4, -0.2) is 6.54 Å². The average Bonchev–Trinajstić information content (AvgIpc) is 3.38. The minimum Gasteiger partial charge on any atom is -0.384 e. The topological polar surface area (TPSA) is 12.0 Å². The van der Waals surface area contributed by atoms with Gasteiger partial charge in [0.1, 0.15) is 0 Å². The number of nitrogens with one attached hydrogen (secondary N) is 1. The zero-order valence-electron chi connectivity index (χ0n) is 25.7. The molecule has 1 heterocycles. The van der Waals surface area contributed by atoms with Crippen molar-refractivity contribution in [3.05, 3.63) is 98.3 Å². The van der Waals surface area contributed by atoms with Crippen LogP contribution < -0.4 is 5.32 Å². The first kappa shape index (κ1) is 31.8. The maximum Gasteiger partial charge on any atom is 0.270 e. The van der Waals surface area contributed by atoms with Gasteiger partial charge in [0.2, 0.25) is 0 Å². The molecule has 1 nitrogen and oxygen atoms in total. The molecule has 3 aromatic rings. The van der Waals surface area contributed by atoms with Gasteiger partial charge in [0, 0.05) is 29.6 Å². The fourth-order valence-electron chi connectivity index (χ4n) is 5.32. The molecule has 0 aliphatic heterocycles. The van der Waals surface area contributed by atoms with E-state index in [2.05, 4.69) is 90.2 Å². The fourth-order valence-corrected chi connectivity index (χ4v) is 6.47. The molecule has 216 valence electrons. The number of rotatable bonds is 13. The monoisotopic (exact) mass is 563 g/mol. The van der Waals surface area contributed by atoms with Gasteiger partial charge >= 0.3 is 0 Å². The molecule has 4 heteroatoms. The lowest BCUT2D eigenvalue weighted by Crippen LogP contribution is -2.16. The van der Waals surface area contributed by atoms with Crippen LogP contribution in [0.5, 0.6) is 0 Å². The van der Waals surface area contributed by atoms with Gasteiger partial charge in [-0.3, -0.25) is 0 Å². The highest BCUT2D eigenvalue weighted by molar-refractivity contribution is 7.13. The van der Waals surface area contributed by atoms with E-state index in [9.17, 15) is 8.78 Å². The molecule has 0 atom stereocenters. The van der Waals surface area contributed by atoms with Crippen LogP contribution in [-0.2, 0) is 17.8 Å². The Morgan fingerprint density at radius 1 is 0.900 bits per heavy atom. The van der Waals surface area contributed by atoms with Gasteiger partial charge in [0.25, 0.3) is 5.92 Å². The van der Waals surface area contributed by atoms with Gasteiger partial charge in [-0.2, -0.15) is 0 Å². The molecule has 0 spiro atoms. The third-order valence-electron chi connectivity index (χ3n) is 7.65. The van der Waals surface area contributed by atoms with E-state index < -0.39 is 5.92 Å². The molecule has 3 rings (SSSR count). The summed E-state index contributed by atoms with van der Waals surface area (Å²) >= 11 is 1.90. The number of thiophene rings is 1. The van der Waals surface area contributed by atoms with Crippen LogP contribution in [0.25, 0.3) is 16.8 Å². The van der Waals surface area contributed by atoms with Crippen molar-refractivity contribution in [2.45, 2.75) is 98.8 Å². The molecular weight excluding hydrogens is 516 g/mol. The number of alkyl halides is 2. The molecule has 0 radical (unpaired) electrons. The fraction of sp³-hybridized carbons (Fsp3) is 0.444. The van der Waals surface area contributed by atoms with Crippen molar-refractivity contribution in [1.82, 2.24) is 5.32 Å². The van der Waals surface area contributed by atoms with E-state index in [-0.39, 0.29) is 11.0 Å². The highest BCUT2D eigenvalue weighted by Gasteiger charge is 2.25. The van der Waals surface area contributed by atoms with Gasteiger partial charge in [-0.15, -0.1) is 11.3 Å². The molecule has 0 aliphatic carbocycles. The number of benzene rings is 2. The summed E-state index contributed by atoms with van der Waals surface area (Å²) in [5, 5.41) is 3.68. The maximum atomic E-state index is 13.7. The number of hydrogen-bond donors (Lipinski definition) is 1. The number of allylic oxidation sites excluding steroid dienone is 2. The van der Waals surface area contributed by atoms with Crippen molar-refractivity contribution in [2.75, 3.05) is 6.54 Å². The van der Waals surface area contributed by atoms with Crippen LogP contribution in [0.1, 0.15) is 99.2 Å². The third-order valence-corrected chi connectivity index (χ3v) is 9.13. The smallest absolute Gasteiger partial charge is 0.270 e. The van der Waals surface area contributed by atoms with Gasteiger partial charge in [0.05, 0.1) is 4.88 Å². The van der Waals surface area contributed by atoms with E-state index in [1.807, 2.05) is 23.5 Å². The van der Waals surface area contributed by atoms with Gasteiger partial charge in [-0.1, -0.05) is 81.8 Å². The molecule has 1 N–H and O–H groups in total. The summed E-state index contributed by atoms with van der Waals surface area (Å²) in [6, 6.07) is 15.8. The first-order valence-corrected chi connectivity index (χ1v) is 15.5. The summed E-state index contributed by atoms with van der Waals surface area (Å²) in [4.78, 5) is 2.72. The summed E-state index contributed by atoms with van der Waals surface area (Å²) in [6.45, 7) is 17.4. The van der Waals surface area contributed by atoms with Gasteiger partial charge in [-0.25, -0.2) is 8.78 Å². The second kappa shape index (κ2) is 13.8. The molecule has 0 saturated heterocycles. The predicted molar refractivity (Wildman–Crippen MR) is 172 cm³/mol. The normalized spacial score (nSPS) is 13.2. The Bertz CT molecular complexity index is 1300. The van der Waals surface area contributed by atoms with Crippen LogP contribution in [0.2, 0.25) is 0 Å². The van der Waals surface area contributed by atoms with E-state index >= 15 is 0 Å². The van der Waals surface area contributed by atoms with Gasteiger partial charge in [-0.05, 0) is 98.2 Å². The Balaban J connectivity index is 1.70. The van der Waals surface area contributed by atoms with E-state index in [4.69, 9.17) is 0 Å². The number of aryl methyl sites for hydroxylation is 3. The van der Waals surface area contributed by atoms with E-state index in [1.54, 1.807) is 12.1 Å². The lowest BCUT2D eigenvalue weighted by Gasteiger charge is -2.24. The maximum absolute atomic E-state index is 13.7. The second-order valence-corrected chi connectivity index (χ2v) is 12.9. The lowest BCUT2D eigenvalue weighted by atomic mass is 9.83. The summed E-state index contributed by atoms with van der Waals surface area (Å²) in [7, 11) is 0. The van der Waals surface area contributed by atoms with Crippen molar-refractivity contribution >= 4 is 17.0 Å². The van der Waals surface area contributed by atoms with E-state index in [0.717, 1.165) is 56.7 Å². The van der Waals surface area contributed by atoms with Crippen LogP contribution in [0.4, 0.5) is 8.78 Å². The quantitative estimate of drug-likeness (QED) is 0.204. The molecule has 0 saturated carbocycles. The predicted octanol–water partition coefficient (Wildman–Crippen LogP) is 11.1. The number of hydrogen-bond acceptors (Lipinski definition) is 2. The molecule has 40 heavy (non-hydrogen) atoms. The zero-order valence-corrected chi connectivity index (χ0v) is 26.5. The summed E-state index contributed by atoms with van der Waals surface area (Å²) < 4.78 is 27.3. The summed E-state index contributed by atoms with van der Waals surface area (Å²) in [5.74, 6) is -2.82. The Morgan fingerprint density at radius 3 is 2.10 bits per heavy atom. The average molecular weight is 564 g/mol. The van der Waals surface area contributed by atoms with Crippen LogP contribution in [0.15, 0.2) is 66.3 Å². The molecular formula is C36H47F2NS. The third kappa shape index (κ3) is 8.39. The molecule has 0 fully saturated rings. The Morgan fingerprint density at radius 2 is 1.52 bits per heavy atom. The van der Waals surface area contributed by atoms with Crippen molar-refractivity contribution < 1.29 is 8.78 Å². The lowest BCUT2D eigenvalue weighted by molar-refractivity contribution is 0.0175. The van der Waals surface area contributed by atoms with Crippen LogP contribution >= 0.6 is 11.3 Å². The van der Waals surface area contributed by atoms with Gasteiger partial charge in [0.15, 0.2) is 0 Å². The first-order valence-electron chi connectivity index (χ1n) is 14.6. The summed E-state index contributed by atoms with van der Waals surface area (Å²) in [6.07, 6.45) is 9.81. The zero-order chi connectivity index (χ0) is 29.5. The minimum absolute atomic E-state index is 0.0504. The Hall–Kier alpha value is -2.72. The largest absolute Gasteiger partial charge is 0.384 e. The van der Waals surface area contributed by atoms with Crippen LogP contribution in [0.3, 0.4) is 0 Å². The second-order valence-electron chi connectivity index (χ2n) is 11.8. The van der Waals surface area contributed by atoms with E-state index in [0.29, 0.717) is 0 Å². The summed E-state index contributed by atoms with van der Waals surface area (Å²) in [5.41, 5.74) is 8.62. The van der Waals surface area contributed by atoms with Crippen molar-refractivity contribution in [3.8, 4) is 11.1 Å². The highest BCUT2D eigenvalue weighted by atomic mass is 32.1. The first-order chi connectivity index (χ1) is 18.9. The number of halogens is 2. The molecule has 0 amide bonds. The van der Waals surface area contributed by atoms with Crippen LogP contribution in [0, 0.1) is 13.8 Å². The molecule has 0 aliphatic rings. The van der Waals surface area contributed by atoms with E-state index in [1.165, 1.54) is 37.7 Å². The molecule has 2 aromatic carbocycles. The molecule has 0 bridgehead atoms. The standard InChI is InChI=1S/C36H47F2NS/c1-9-11-25(3)20-22-39-31(12-10-2)32-17-18-33(40-32)35(6,7)21-19-28-23-26(4)34(27(5)24-28)29-13-15-30(16-14-29)36(8,37)38/h11-18,23-24,39H,9-10,19-22H2,1-8H3/b25-11-,31-12?.